The van der Waals surface area contributed by atoms with Gasteiger partial charge in [0, 0.05) is 11.1 Å². The Balaban J connectivity index is 3.33. The second kappa shape index (κ2) is 6.22. The highest BCUT2D eigenvalue weighted by atomic mass is 35.5. The molecule has 0 heterocycles. The lowest BCUT2D eigenvalue weighted by atomic mass is 10.1. The molecule has 0 aliphatic carbocycles. The number of hydrogen-bond acceptors (Lipinski definition) is 4. The van der Waals surface area contributed by atoms with Gasteiger partial charge in [-0.25, -0.2) is 17.9 Å². The minimum Gasteiger partial charge on any atom is -0.478 e. The van der Waals surface area contributed by atoms with E-state index in [9.17, 15) is 13.2 Å². The molecular weight excluding hydrogens is 304 g/mol. The zero-order chi connectivity index (χ0) is 15.5. The molecule has 0 fully saturated rings. The van der Waals surface area contributed by atoms with Crippen LogP contribution in [0.25, 0.3) is 0 Å². The molecule has 0 saturated heterocycles. The lowest BCUT2D eigenvalue weighted by Gasteiger charge is -2.14. The number of carboxylic acid groups (broad SMARTS) is 1. The Morgan fingerprint density at radius 3 is 2.65 bits per heavy atom. The van der Waals surface area contributed by atoms with Gasteiger partial charge in [-0.3, -0.25) is 0 Å². The fraction of sp³-hybridized carbons (Fsp3) is 0.333. The largest absolute Gasteiger partial charge is 0.478 e. The van der Waals surface area contributed by atoms with Crippen LogP contribution in [0.3, 0.4) is 0 Å². The van der Waals surface area contributed by atoms with Crippen molar-refractivity contribution in [3.05, 3.63) is 28.3 Å². The molecule has 0 spiro atoms. The van der Waals surface area contributed by atoms with Crippen LogP contribution in [0.4, 0.5) is 0 Å². The summed E-state index contributed by atoms with van der Waals surface area (Å²) in [5.74, 6) is -1.26. The predicted molar refractivity (Wildman–Crippen MR) is 73.2 cm³/mol. The maximum Gasteiger partial charge on any atom is 0.336 e. The lowest BCUT2D eigenvalue weighted by molar-refractivity contribution is 0.0696. The Bertz CT molecular complexity index is 679. The molecule has 20 heavy (non-hydrogen) atoms. The molecule has 0 aliphatic heterocycles. The minimum atomic E-state index is -3.94. The van der Waals surface area contributed by atoms with Crippen molar-refractivity contribution in [3.8, 4) is 6.07 Å². The molecule has 0 aromatic heterocycles. The molecule has 6 nitrogen and oxygen atoms in total. The Hall–Kier alpha value is -1.62. The standard InChI is InChI=1S/C12H13ClN2O4S/c1-7(3-4-14)15-20(18,19)11-6-9(13)5-10(8(11)2)12(16)17/h5-7,15H,3H2,1-2H3,(H,16,17). The molecule has 1 rings (SSSR count). The molecule has 0 aliphatic rings. The Morgan fingerprint density at radius 2 is 2.15 bits per heavy atom. The van der Waals surface area contributed by atoms with Gasteiger partial charge in [0.25, 0.3) is 0 Å². The van der Waals surface area contributed by atoms with Gasteiger partial charge >= 0.3 is 5.97 Å². The zero-order valence-electron chi connectivity index (χ0n) is 10.8. The van der Waals surface area contributed by atoms with E-state index >= 15 is 0 Å². The Labute approximate surface area is 122 Å². The number of halogens is 1. The van der Waals surface area contributed by atoms with Gasteiger partial charge in [0.2, 0.25) is 10.0 Å². The maximum atomic E-state index is 12.2. The van der Waals surface area contributed by atoms with E-state index in [1.807, 2.05) is 6.07 Å². The van der Waals surface area contributed by atoms with E-state index in [1.54, 1.807) is 6.92 Å². The number of rotatable bonds is 5. The predicted octanol–water partition coefficient (Wildman–Crippen LogP) is 1.93. The SMILES string of the molecule is Cc1c(C(=O)O)cc(Cl)cc1S(=O)(=O)NC(C)CC#N. The van der Waals surface area contributed by atoms with Gasteiger partial charge in [-0.1, -0.05) is 11.6 Å². The van der Waals surface area contributed by atoms with E-state index in [0.717, 1.165) is 0 Å². The summed E-state index contributed by atoms with van der Waals surface area (Å²) in [6, 6.07) is 3.64. The van der Waals surface area contributed by atoms with Crippen LogP contribution >= 0.6 is 11.6 Å². The van der Waals surface area contributed by atoms with Crippen LogP contribution in [0.2, 0.25) is 5.02 Å². The molecule has 1 atom stereocenters. The minimum absolute atomic E-state index is 0.00459. The summed E-state index contributed by atoms with van der Waals surface area (Å²) in [6.07, 6.45) is 0.00459. The van der Waals surface area contributed by atoms with Crippen LogP contribution < -0.4 is 4.72 Å². The van der Waals surface area contributed by atoms with Crippen LogP contribution in [0.5, 0.6) is 0 Å². The van der Waals surface area contributed by atoms with Crippen molar-refractivity contribution < 1.29 is 18.3 Å². The summed E-state index contributed by atoms with van der Waals surface area (Å²) >= 11 is 5.76. The molecule has 0 amide bonds. The summed E-state index contributed by atoms with van der Waals surface area (Å²) in [7, 11) is -3.94. The van der Waals surface area contributed by atoms with Gasteiger partial charge in [0.15, 0.2) is 0 Å². The summed E-state index contributed by atoms with van der Waals surface area (Å²) in [5, 5.41) is 17.6. The first-order valence-corrected chi connectivity index (χ1v) is 7.48. The first kappa shape index (κ1) is 16.4. The Morgan fingerprint density at radius 1 is 1.55 bits per heavy atom. The molecular formula is C12H13ClN2O4S. The third-order valence-corrected chi connectivity index (χ3v) is 4.53. The van der Waals surface area contributed by atoms with Gasteiger partial charge in [0.1, 0.15) is 0 Å². The van der Waals surface area contributed by atoms with Gasteiger partial charge in [-0.15, -0.1) is 0 Å². The molecule has 0 bridgehead atoms. The Kier molecular flexibility index (Phi) is 5.11. The number of nitrogens with zero attached hydrogens (tertiary/aromatic N) is 1. The van der Waals surface area contributed by atoms with Crippen molar-refractivity contribution in [2.45, 2.75) is 31.2 Å². The summed E-state index contributed by atoms with van der Waals surface area (Å²) in [5.41, 5.74) is -0.0793. The average Bonchev–Trinajstić information content (AvgIpc) is 2.30. The van der Waals surface area contributed by atoms with Gasteiger partial charge < -0.3 is 5.11 Å². The topological polar surface area (TPSA) is 107 Å². The quantitative estimate of drug-likeness (QED) is 0.863. The number of aromatic carboxylic acids is 1. The third-order valence-electron chi connectivity index (χ3n) is 2.60. The van der Waals surface area contributed by atoms with Gasteiger partial charge in [-0.2, -0.15) is 5.26 Å². The smallest absolute Gasteiger partial charge is 0.336 e. The molecule has 0 radical (unpaired) electrons. The van der Waals surface area contributed by atoms with Crippen LogP contribution in [0.1, 0.15) is 29.3 Å². The monoisotopic (exact) mass is 316 g/mol. The van der Waals surface area contributed by atoms with Crippen molar-refractivity contribution in [2.75, 3.05) is 0 Å². The second-order valence-corrected chi connectivity index (χ2v) is 6.39. The van der Waals surface area contributed by atoms with Crippen molar-refractivity contribution >= 4 is 27.6 Å². The highest BCUT2D eigenvalue weighted by Gasteiger charge is 2.23. The average molecular weight is 317 g/mol. The third kappa shape index (κ3) is 3.70. The number of carboxylic acids is 1. The molecule has 8 heteroatoms. The summed E-state index contributed by atoms with van der Waals surface area (Å²) in [6.45, 7) is 2.93. The van der Waals surface area contributed by atoms with E-state index in [2.05, 4.69) is 4.72 Å². The van der Waals surface area contributed by atoms with E-state index < -0.39 is 22.0 Å². The van der Waals surface area contributed by atoms with Crippen LogP contribution in [-0.4, -0.2) is 25.5 Å². The first-order valence-electron chi connectivity index (χ1n) is 5.61. The number of nitriles is 1. The fourth-order valence-electron chi connectivity index (χ4n) is 1.66. The van der Waals surface area contributed by atoms with Crippen molar-refractivity contribution in [1.82, 2.24) is 4.72 Å². The van der Waals surface area contributed by atoms with Crippen molar-refractivity contribution in [3.63, 3.8) is 0 Å². The van der Waals surface area contributed by atoms with E-state index in [-0.39, 0.29) is 27.5 Å². The molecule has 1 aromatic carbocycles. The number of carbonyl (C=O) groups is 1. The lowest BCUT2D eigenvalue weighted by Crippen LogP contribution is -2.33. The van der Waals surface area contributed by atoms with Crippen molar-refractivity contribution in [2.24, 2.45) is 0 Å². The second-order valence-electron chi connectivity index (χ2n) is 4.27. The van der Waals surface area contributed by atoms with E-state index in [4.69, 9.17) is 22.0 Å². The van der Waals surface area contributed by atoms with E-state index in [0.29, 0.717) is 0 Å². The van der Waals surface area contributed by atoms with E-state index in [1.165, 1.54) is 19.1 Å². The zero-order valence-corrected chi connectivity index (χ0v) is 12.4. The highest BCUT2D eigenvalue weighted by Crippen LogP contribution is 2.24. The molecule has 1 aromatic rings. The fourth-order valence-corrected chi connectivity index (χ4v) is 3.48. The van der Waals surface area contributed by atoms with Crippen molar-refractivity contribution in [1.29, 1.82) is 5.26 Å². The van der Waals surface area contributed by atoms with Crippen LogP contribution in [-0.2, 0) is 10.0 Å². The van der Waals surface area contributed by atoms with Crippen LogP contribution in [0, 0.1) is 18.3 Å². The van der Waals surface area contributed by atoms with Gasteiger partial charge in [-0.05, 0) is 31.5 Å². The number of hydrogen-bond donors (Lipinski definition) is 2. The normalized spacial score (nSPS) is 12.7. The molecule has 1 unspecified atom stereocenters. The molecule has 2 N–H and O–H groups in total. The van der Waals surface area contributed by atoms with Gasteiger partial charge in [0.05, 0.1) is 22.9 Å². The number of nitrogens with one attached hydrogen (secondary N) is 1. The number of benzene rings is 1. The maximum absolute atomic E-state index is 12.2. The highest BCUT2D eigenvalue weighted by molar-refractivity contribution is 7.89. The first-order chi connectivity index (χ1) is 9.19. The van der Waals surface area contributed by atoms with Crippen LogP contribution in [0.15, 0.2) is 17.0 Å². The molecule has 0 saturated carbocycles. The molecule has 108 valence electrons. The number of sulfonamides is 1. The summed E-state index contributed by atoms with van der Waals surface area (Å²) < 4.78 is 26.7. The summed E-state index contributed by atoms with van der Waals surface area (Å²) in [4.78, 5) is 10.9.